The van der Waals surface area contributed by atoms with Crippen molar-refractivity contribution in [2.45, 2.75) is 13.8 Å². The fraction of sp³-hybridized carbons (Fsp3) is 0.0909. The smallest absolute Gasteiger partial charge is 0.250 e. The molecule has 0 atom stereocenters. The van der Waals surface area contributed by atoms with E-state index in [1.165, 1.54) is 6.08 Å². The summed E-state index contributed by atoms with van der Waals surface area (Å²) in [5.41, 5.74) is 3.74. The Labute approximate surface area is 188 Å². The number of carbonyl (C=O) groups excluding carboxylic acids is 1. The molecule has 2 aromatic carbocycles. The maximum Gasteiger partial charge on any atom is 0.250 e. The fourth-order valence-electron chi connectivity index (χ4n) is 2.54. The Balaban J connectivity index is 1.59. The lowest BCUT2D eigenvalue weighted by Gasteiger charge is -2.09. The predicted octanol–water partition coefficient (Wildman–Crippen LogP) is 6.51. The van der Waals surface area contributed by atoms with Crippen LogP contribution in [-0.2, 0) is 4.79 Å². The largest absolute Gasteiger partial charge is 0.457 e. The first-order valence-electron chi connectivity index (χ1n) is 8.74. The summed E-state index contributed by atoms with van der Waals surface area (Å²) in [4.78, 5) is 12.1. The Kier molecular flexibility index (Phi) is 6.90. The predicted molar refractivity (Wildman–Crippen MR) is 126 cm³/mol. The van der Waals surface area contributed by atoms with Gasteiger partial charge in [0.2, 0.25) is 5.91 Å². The molecule has 0 spiro atoms. The van der Waals surface area contributed by atoms with E-state index < -0.39 is 0 Å². The van der Waals surface area contributed by atoms with Crippen molar-refractivity contribution < 1.29 is 9.21 Å². The van der Waals surface area contributed by atoms with Gasteiger partial charge in [-0.2, -0.15) is 0 Å². The van der Waals surface area contributed by atoms with Crippen LogP contribution < -0.4 is 10.6 Å². The molecule has 3 aromatic rings. The molecule has 1 amide bonds. The van der Waals surface area contributed by atoms with E-state index >= 15 is 0 Å². The van der Waals surface area contributed by atoms with Crippen LogP contribution in [0.15, 0.2) is 63.5 Å². The standard InChI is InChI=1S/C22H18BrClN2O2S/c1-13-3-4-15(12-19(13)24)20-9-6-17(28-20)7-10-21(27)26-22(29)25-16-5-8-18(23)14(2)11-16/h3-12H,1-2H3,(H2,25,26,27,29)/b10-7+. The topological polar surface area (TPSA) is 54.3 Å². The number of amides is 1. The number of aryl methyl sites for hydroxylation is 2. The Morgan fingerprint density at radius 1 is 1.10 bits per heavy atom. The zero-order valence-electron chi connectivity index (χ0n) is 15.8. The Hall–Kier alpha value is -2.41. The van der Waals surface area contributed by atoms with E-state index in [-0.39, 0.29) is 11.0 Å². The van der Waals surface area contributed by atoms with Crippen molar-refractivity contribution in [1.82, 2.24) is 5.32 Å². The van der Waals surface area contributed by atoms with Gasteiger partial charge in [-0.15, -0.1) is 0 Å². The molecule has 0 unspecified atom stereocenters. The fourth-order valence-corrected chi connectivity index (χ4v) is 3.19. The molecule has 0 radical (unpaired) electrons. The minimum absolute atomic E-state index is 0.218. The maximum atomic E-state index is 12.1. The quantitative estimate of drug-likeness (QED) is 0.324. The first-order chi connectivity index (χ1) is 13.8. The van der Waals surface area contributed by atoms with Gasteiger partial charge in [0.25, 0.3) is 0 Å². The molecule has 0 bridgehead atoms. The number of hydrogen-bond donors (Lipinski definition) is 2. The van der Waals surface area contributed by atoms with Crippen molar-refractivity contribution in [3.63, 3.8) is 0 Å². The molecule has 0 fully saturated rings. The molecule has 4 nitrogen and oxygen atoms in total. The summed E-state index contributed by atoms with van der Waals surface area (Å²) in [6, 6.07) is 15.1. The SMILES string of the molecule is Cc1ccc(-c2ccc(/C=C/C(=O)NC(=S)Nc3ccc(Br)c(C)c3)o2)cc1Cl. The first kappa shape index (κ1) is 21.3. The van der Waals surface area contributed by atoms with Crippen LogP contribution in [-0.4, -0.2) is 11.0 Å². The van der Waals surface area contributed by atoms with Gasteiger partial charge in [0, 0.05) is 26.8 Å². The molecule has 0 aliphatic carbocycles. The number of thiocarbonyl (C=S) groups is 1. The van der Waals surface area contributed by atoms with E-state index in [1.807, 2.05) is 56.3 Å². The number of halogens is 2. The van der Waals surface area contributed by atoms with Crippen molar-refractivity contribution in [1.29, 1.82) is 0 Å². The molecular weight excluding hydrogens is 472 g/mol. The maximum absolute atomic E-state index is 12.1. The summed E-state index contributed by atoms with van der Waals surface area (Å²) in [6.45, 7) is 3.92. The molecule has 0 aliphatic rings. The van der Waals surface area contributed by atoms with Crippen molar-refractivity contribution in [2.75, 3.05) is 5.32 Å². The molecule has 29 heavy (non-hydrogen) atoms. The van der Waals surface area contributed by atoms with Crippen LogP contribution in [0, 0.1) is 13.8 Å². The first-order valence-corrected chi connectivity index (χ1v) is 10.3. The van der Waals surface area contributed by atoms with Gasteiger partial charge >= 0.3 is 0 Å². The lowest BCUT2D eigenvalue weighted by molar-refractivity contribution is -0.115. The van der Waals surface area contributed by atoms with Gasteiger partial charge in [-0.1, -0.05) is 39.7 Å². The monoisotopic (exact) mass is 488 g/mol. The summed E-state index contributed by atoms with van der Waals surface area (Å²) in [5.74, 6) is 0.872. The van der Waals surface area contributed by atoms with E-state index in [2.05, 4.69) is 26.6 Å². The molecule has 0 saturated carbocycles. The second-order valence-electron chi connectivity index (χ2n) is 6.41. The van der Waals surface area contributed by atoms with Crippen molar-refractivity contribution >= 4 is 62.5 Å². The zero-order valence-corrected chi connectivity index (χ0v) is 18.9. The average molecular weight is 490 g/mol. The molecule has 0 aliphatic heterocycles. The summed E-state index contributed by atoms with van der Waals surface area (Å²) in [6.07, 6.45) is 2.95. The van der Waals surface area contributed by atoms with E-state index in [0.29, 0.717) is 16.5 Å². The summed E-state index contributed by atoms with van der Waals surface area (Å²) in [5, 5.41) is 6.49. The Bertz CT molecular complexity index is 1110. The molecule has 2 N–H and O–H groups in total. The normalized spacial score (nSPS) is 10.9. The average Bonchev–Trinajstić information content (AvgIpc) is 3.14. The number of carbonyl (C=O) groups is 1. The lowest BCUT2D eigenvalue weighted by atomic mass is 10.1. The van der Waals surface area contributed by atoms with Crippen molar-refractivity contribution in [3.05, 3.63) is 81.0 Å². The molecule has 148 valence electrons. The highest BCUT2D eigenvalue weighted by Gasteiger charge is 2.07. The molecule has 3 rings (SSSR count). The van der Waals surface area contributed by atoms with Crippen LogP contribution in [0.5, 0.6) is 0 Å². The summed E-state index contributed by atoms with van der Waals surface area (Å²) >= 11 is 14.8. The highest BCUT2D eigenvalue weighted by Crippen LogP contribution is 2.27. The third-order valence-electron chi connectivity index (χ3n) is 4.13. The third kappa shape index (κ3) is 5.79. The van der Waals surface area contributed by atoms with Gasteiger partial charge in [0.1, 0.15) is 11.5 Å². The van der Waals surface area contributed by atoms with Gasteiger partial charge in [-0.25, -0.2) is 0 Å². The molecule has 7 heteroatoms. The van der Waals surface area contributed by atoms with E-state index in [0.717, 1.165) is 26.9 Å². The summed E-state index contributed by atoms with van der Waals surface area (Å²) < 4.78 is 6.77. The van der Waals surface area contributed by atoms with Gasteiger partial charge in [0.05, 0.1) is 0 Å². The lowest BCUT2D eigenvalue weighted by Crippen LogP contribution is -2.32. The molecule has 1 heterocycles. The van der Waals surface area contributed by atoms with Crippen LogP contribution in [0.2, 0.25) is 5.02 Å². The van der Waals surface area contributed by atoms with Gasteiger partial charge in [-0.05, 0) is 79.7 Å². The van der Waals surface area contributed by atoms with Gasteiger partial charge in [-0.3, -0.25) is 10.1 Å². The number of hydrogen-bond acceptors (Lipinski definition) is 3. The van der Waals surface area contributed by atoms with Gasteiger partial charge < -0.3 is 9.73 Å². The highest BCUT2D eigenvalue weighted by atomic mass is 79.9. The minimum Gasteiger partial charge on any atom is -0.457 e. The van der Waals surface area contributed by atoms with Crippen LogP contribution in [0.25, 0.3) is 17.4 Å². The van der Waals surface area contributed by atoms with Gasteiger partial charge in [0.15, 0.2) is 5.11 Å². The van der Waals surface area contributed by atoms with E-state index in [9.17, 15) is 4.79 Å². The zero-order chi connectivity index (χ0) is 21.0. The summed E-state index contributed by atoms with van der Waals surface area (Å²) in [7, 11) is 0. The third-order valence-corrected chi connectivity index (χ3v) is 5.64. The Morgan fingerprint density at radius 2 is 1.90 bits per heavy atom. The number of benzene rings is 2. The van der Waals surface area contributed by atoms with E-state index in [4.69, 9.17) is 28.2 Å². The Morgan fingerprint density at radius 3 is 2.62 bits per heavy atom. The number of furan rings is 1. The number of rotatable bonds is 4. The second kappa shape index (κ2) is 9.39. The minimum atomic E-state index is -0.354. The van der Waals surface area contributed by atoms with Crippen LogP contribution in [0.3, 0.4) is 0 Å². The van der Waals surface area contributed by atoms with E-state index in [1.54, 1.807) is 12.1 Å². The number of nitrogens with one attached hydrogen (secondary N) is 2. The highest BCUT2D eigenvalue weighted by molar-refractivity contribution is 9.10. The number of anilines is 1. The molecule has 1 aromatic heterocycles. The van der Waals surface area contributed by atoms with Crippen LogP contribution in [0.4, 0.5) is 5.69 Å². The molecule has 0 saturated heterocycles. The second-order valence-corrected chi connectivity index (χ2v) is 8.08. The van der Waals surface area contributed by atoms with Crippen LogP contribution >= 0.6 is 39.7 Å². The van der Waals surface area contributed by atoms with Crippen LogP contribution in [0.1, 0.15) is 16.9 Å². The van der Waals surface area contributed by atoms with Crippen molar-refractivity contribution in [2.24, 2.45) is 0 Å². The van der Waals surface area contributed by atoms with Crippen molar-refractivity contribution in [3.8, 4) is 11.3 Å². The molecular formula is C22H18BrClN2O2S.